The third-order valence-corrected chi connectivity index (χ3v) is 3.36. The van der Waals surface area contributed by atoms with Crippen LogP contribution >= 0.6 is 11.6 Å². The molecule has 0 radical (unpaired) electrons. The van der Waals surface area contributed by atoms with Crippen LogP contribution in [-0.4, -0.2) is 5.91 Å². The number of carbonyl (C=O) groups is 1. The standard InChI is InChI=1S/C15H14ClFN2O/c1-9(10-5-2-3-7-12(10)16)19-15(20)11-6-4-8-13(17)14(11)18/h2-9H,18H2,1H3,(H,19,20). The number of carbonyl (C=O) groups excluding carboxylic acids is 1. The molecular weight excluding hydrogens is 279 g/mol. The quantitative estimate of drug-likeness (QED) is 0.850. The number of nitrogen functional groups attached to an aromatic ring is 1. The van der Waals surface area contributed by atoms with E-state index in [1.807, 2.05) is 18.2 Å². The number of nitrogens with two attached hydrogens (primary N) is 1. The van der Waals surface area contributed by atoms with E-state index in [-0.39, 0.29) is 17.3 Å². The molecule has 2 aromatic carbocycles. The topological polar surface area (TPSA) is 55.1 Å². The molecule has 1 atom stereocenters. The van der Waals surface area contributed by atoms with Crippen LogP contribution in [0.15, 0.2) is 42.5 Å². The molecule has 0 spiro atoms. The number of anilines is 1. The van der Waals surface area contributed by atoms with Crippen molar-refractivity contribution in [2.75, 3.05) is 5.73 Å². The largest absolute Gasteiger partial charge is 0.396 e. The molecule has 104 valence electrons. The molecule has 2 rings (SSSR count). The van der Waals surface area contributed by atoms with E-state index >= 15 is 0 Å². The molecule has 3 N–H and O–H groups in total. The number of halogens is 2. The fourth-order valence-electron chi connectivity index (χ4n) is 1.91. The minimum Gasteiger partial charge on any atom is -0.396 e. The third-order valence-electron chi connectivity index (χ3n) is 3.02. The first-order chi connectivity index (χ1) is 9.50. The predicted molar refractivity (Wildman–Crippen MR) is 78.1 cm³/mol. The van der Waals surface area contributed by atoms with Crippen molar-refractivity contribution in [3.8, 4) is 0 Å². The molecule has 0 aliphatic heterocycles. The van der Waals surface area contributed by atoms with E-state index < -0.39 is 11.7 Å². The van der Waals surface area contributed by atoms with Crippen LogP contribution in [0.5, 0.6) is 0 Å². The zero-order valence-electron chi connectivity index (χ0n) is 10.9. The molecule has 0 saturated heterocycles. The van der Waals surface area contributed by atoms with Crippen molar-refractivity contribution < 1.29 is 9.18 Å². The second kappa shape index (κ2) is 5.92. The second-order valence-electron chi connectivity index (χ2n) is 4.42. The Morgan fingerprint density at radius 2 is 1.95 bits per heavy atom. The molecule has 0 saturated carbocycles. The predicted octanol–water partition coefficient (Wildman–Crippen LogP) is 3.55. The smallest absolute Gasteiger partial charge is 0.253 e. The van der Waals surface area contributed by atoms with Crippen LogP contribution in [0.4, 0.5) is 10.1 Å². The number of benzene rings is 2. The van der Waals surface area contributed by atoms with Gasteiger partial charge in [0.15, 0.2) is 0 Å². The van der Waals surface area contributed by atoms with Crippen LogP contribution in [0.25, 0.3) is 0 Å². The molecule has 5 heteroatoms. The zero-order chi connectivity index (χ0) is 14.7. The first kappa shape index (κ1) is 14.3. The molecular formula is C15H14ClFN2O. The Bertz CT molecular complexity index is 646. The Hall–Kier alpha value is -2.07. The summed E-state index contributed by atoms with van der Waals surface area (Å²) in [5.74, 6) is -1.04. The first-order valence-electron chi connectivity index (χ1n) is 6.10. The van der Waals surface area contributed by atoms with Gasteiger partial charge in [-0.15, -0.1) is 0 Å². The van der Waals surface area contributed by atoms with E-state index in [0.717, 1.165) is 5.56 Å². The number of rotatable bonds is 3. The van der Waals surface area contributed by atoms with Gasteiger partial charge in [-0.05, 0) is 30.7 Å². The highest BCUT2D eigenvalue weighted by Crippen LogP contribution is 2.23. The molecule has 0 aliphatic rings. The Balaban J connectivity index is 2.20. The SMILES string of the molecule is CC(NC(=O)c1cccc(F)c1N)c1ccccc1Cl. The number of amides is 1. The van der Waals surface area contributed by atoms with Crippen LogP contribution in [-0.2, 0) is 0 Å². The number of hydrogen-bond acceptors (Lipinski definition) is 2. The summed E-state index contributed by atoms with van der Waals surface area (Å²) in [6.07, 6.45) is 0. The summed E-state index contributed by atoms with van der Waals surface area (Å²) in [6, 6.07) is 11.0. The van der Waals surface area contributed by atoms with Gasteiger partial charge in [0.05, 0.1) is 17.3 Å². The van der Waals surface area contributed by atoms with Gasteiger partial charge in [0, 0.05) is 5.02 Å². The molecule has 0 heterocycles. The van der Waals surface area contributed by atoms with E-state index in [2.05, 4.69) is 5.32 Å². The van der Waals surface area contributed by atoms with Gasteiger partial charge in [-0.2, -0.15) is 0 Å². The van der Waals surface area contributed by atoms with Gasteiger partial charge in [0.2, 0.25) is 0 Å². The molecule has 1 unspecified atom stereocenters. The average molecular weight is 293 g/mol. The lowest BCUT2D eigenvalue weighted by Gasteiger charge is -2.16. The van der Waals surface area contributed by atoms with E-state index in [0.29, 0.717) is 5.02 Å². The first-order valence-corrected chi connectivity index (χ1v) is 6.47. The number of nitrogens with one attached hydrogen (secondary N) is 1. The van der Waals surface area contributed by atoms with Gasteiger partial charge in [-0.3, -0.25) is 4.79 Å². The summed E-state index contributed by atoms with van der Waals surface area (Å²) in [7, 11) is 0. The Morgan fingerprint density at radius 1 is 1.25 bits per heavy atom. The van der Waals surface area contributed by atoms with Gasteiger partial charge in [0.1, 0.15) is 5.82 Å². The maximum atomic E-state index is 13.3. The summed E-state index contributed by atoms with van der Waals surface area (Å²) in [5.41, 5.74) is 6.31. The van der Waals surface area contributed by atoms with Crippen LogP contribution in [0.3, 0.4) is 0 Å². The normalized spacial score (nSPS) is 11.9. The summed E-state index contributed by atoms with van der Waals surface area (Å²) in [4.78, 5) is 12.1. The molecule has 20 heavy (non-hydrogen) atoms. The van der Waals surface area contributed by atoms with Crippen molar-refractivity contribution in [1.82, 2.24) is 5.32 Å². The summed E-state index contributed by atoms with van der Waals surface area (Å²) >= 11 is 6.07. The maximum Gasteiger partial charge on any atom is 0.253 e. The minimum atomic E-state index is -0.608. The lowest BCUT2D eigenvalue weighted by Crippen LogP contribution is -2.27. The van der Waals surface area contributed by atoms with Crippen molar-refractivity contribution in [1.29, 1.82) is 0 Å². The van der Waals surface area contributed by atoms with E-state index in [4.69, 9.17) is 17.3 Å². The number of para-hydroxylation sites is 1. The molecule has 0 aromatic heterocycles. The minimum absolute atomic E-state index is 0.115. The highest BCUT2D eigenvalue weighted by molar-refractivity contribution is 6.31. The third kappa shape index (κ3) is 2.91. The highest BCUT2D eigenvalue weighted by atomic mass is 35.5. The van der Waals surface area contributed by atoms with Crippen LogP contribution in [0, 0.1) is 5.82 Å². The summed E-state index contributed by atoms with van der Waals surface area (Å²) in [6.45, 7) is 1.80. The molecule has 3 nitrogen and oxygen atoms in total. The molecule has 0 aliphatic carbocycles. The Labute approximate surface area is 121 Å². The Morgan fingerprint density at radius 3 is 2.65 bits per heavy atom. The van der Waals surface area contributed by atoms with Gasteiger partial charge < -0.3 is 11.1 Å². The van der Waals surface area contributed by atoms with Gasteiger partial charge >= 0.3 is 0 Å². The molecule has 0 fully saturated rings. The van der Waals surface area contributed by atoms with E-state index in [1.54, 1.807) is 13.0 Å². The lowest BCUT2D eigenvalue weighted by atomic mass is 10.1. The van der Waals surface area contributed by atoms with Crippen molar-refractivity contribution in [2.24, 2.45) is 0 Å². The van der Waals surface area contributed by atoms with E-state index in [1.165, 1.54) is 18.2 Å². The van der Waals surface area contributed by atoms with Gasteiger partial charge in [-0.1, -0.05) is 35.9 Å². The fourth-order valence-corrected chi connectivity index (χ4v) is 2.21. The maximum absolute atomic E-state index is 13.3. The molecule has 2 aromatic rings. The molecule has 0 bridgehead atoms. The average Bonchev–Trinajstić information content (AvgIpc) is 2.42. The van der Waals surface area contributed by atoms with Crippen LogP contribution < -0.4 is 11.1 Å². The van der Waals surface area contributed by atoms with Gasteiger partial charge in [-0.25, -0.2) is 4.39 Å². The monoisotopic (exact) mass is 292 g/mol. The Kier molecular flexibility index (Phi) is 4.25. The van der Waals surface area contributed by atoms with Crippen LogP contribution in [0.1, 0.15) is 28.9 Å². The second-order valence-corrected chi connectivity index (χ2v) is 4.82. The lowest BCUT2D eigenvalue weighted by molar-refractivity contribution is 0.0940. The fraction of sp³-hybridized carbons (Fsp3) is 0.133. The van der Waals surface area contributed by atoms with Crippen LogP contribution in [0.2, 0.25) is 5.02 Å². The van der Waals surface area contributed by atoms with Gasteiger partial charge in [0.25, 0.3) is 5.91 Å². The summed E-state index contributed by atoms with van der Waals surface area (Å²) < 4.78 is 13.3. The zero-order valence-corrected chi connectivity index (χ0v) is 11.6. The van der Waals surface area contributed by atoms with Crippen molar-refractivity contribution >= 4 is 23.2 Å². The van der Waals surface area contributed by atoms with Crippen molar-refractivity contribution in [3.63, 3.8) is 0 Å². The molecule has 1 amide bonds. The number of hydrogen-bond donors (Lipinski definition) is 2. The summed E-state index contributed by atoms with van der Waals surface area (Å²) in [5, 5.41) is 3.31. The van der Waals surface area contributed by atoms with Crippen molar-refractivity contribution in [2.45, 2.75) is 13.0 Å². The highest BCUT2D eigenvalue weighted by Gasteiger charge is 2.16. The van der Waals surface area contributed by atoms with E-state index in [9.17, 15) is 9.18 Å². The van der Waals surface area contributed by atoms with Crippen molar-refractivity contribution in [3.05, 3.63) is 64.4 Å².